The average Bonchev–Trinajstić information content (AvgIpc) is 2.93. The number of para-hydroxylation sites is 1. The summed E-state index contributed by atoms with van der Waals surface area (Å²) in [7, 11) is 2.25. The topological polar surface area (TPSA) is 51.3 Å². The number of carbonyl (C=O) groups excluding carboxylic acids is 1. The molecule has 2 bridgehead atoms. The van der Waals surface area contributed by atoms with Crippen LogP contribution < -0.4 is 5.73 Å². The highest BCUT2D eigenvalue weighted by atomic mass is 16.1. The van der Waals surface area contributed by atoms with Crippen LogP contribution in [0.2, 0.25) is 0 Å². The number of hydrogen-bond acceptors (Lipinski definition) is 2. The lowest BCUT2D eigenvalue weighted by Gasteiger charge is -2.37. The van der Waals surface area contributed by atoms with Crippen LogP contribution in [-0.4, -0.2) is 34.5 Å². The van der Waals surface area contributed by atoms with Crippen molar-refractivity contribution in [1.82, 2.24) is 9.47 Å². The van der Waals surface area contributed by atoms with Gasteiger partial charge in [0.1, 0.15) is 0 Å². The molecule has 1 amide bonds. The number of carbonyl (C=O) groups is 1. The molecular weight excluding hydrogens is 262 g/mol. The van der Waals surface area contributed by atoms with Gasteiger partial charge in [-0.15, -0.1) is 0 Å². The Morgan fingerprint density at radius 3 is 2.48 bits per heavy atom. The standard InChI is InChI=1S/C17H21N3O/c1-19-11-6-7-12(19)9-13(8-11)20-10-15(17(18)21)14-4-2-3-5-16(14)20/h2-5,10-13H,6-9H2,1H3,(H2,18,21). The Morgan fingerprint density at radius 1 is 1.14 bits per heavy atom. The first-order valence-corrected chi connectivity index (χ1v) is 7.76. The second-order valence-electron chi connectivity index (χ2n) is 6.51. The second kappa shape index (κ2) is 4.60. The Hall–Kier alpha value is -1.81. The summed E-state index contributed by atoms with van der Waals surface area (Å²) < 4.78 is 2.30. The van der Waals surface area contributed by atoms with Crippen LogP contribution in [0, 0.1) is 0 Å². The van der Waals surface area contributed by atoms with Crippen molar-refractivity contribution in [3.63, 3.8) is 0 Å². The van der Waals surface area contributed by atoms with Gasteiger partial charge in [-0.2, -0.15) is 0 Å². The summed E-state index contributed by atoms with van der Waals surface area (Å²) in [5.41, 5.74) is 7.34. The average molecular weight is 283 g/mol. The number of hydrogen-bond donors (Lipinski definition) is 1. The first-order valence-electron chi connectivity index (χ1n) is 7.76. The zero-order valence-electron chi connectivity index (χ0n) is 12.3. The highest BCUT2D eigenvalue weighted by Gasteiger charge is 2.39. The molecule has 0 saturated carbocycles. The highest BCUT2D eigenvalue weighted by Crippen LogP contribution is 2.41. The predicted molar refractivity (Wildman–Crippen MR) is 83.3 cm³/mol. The van der Waals surface area contributed by atoms with Crippen LogP contribution in [0.25, 0.3) is 10.9 Å². The molecule has 0 aliphatic carbocycles. The summed E-state index contributed by atoms with van der Waals surface area (Å²) in [4.78, 5) is 14.2. The molecule has 4 nitrogen and oxygen atoms in total. The molecule has 21 heavy (non-hydrogen) atoms. The molecule has 2 saturated heterocycles. The second-order valence-corrected chi connectivity index (χ2v) is 6.51. The van der Waals surface area contributed by atoms with Crippen LogP contribution in [-0.2, 0) is 0 Å². The zero-order chi connectivity index (χ0) is 14.6. The van der Waals surface area contributed by atoms with E-state index in [9.17, 15) is 4.79 Å². The fourth-order valence-electron chi connectivity index (χ4n) is 4.31. The number of fused-ring (bicyclic) bond motifs is 3. The van der Waals surface area contributed by atoms with Gasteiger partial charge in [0, 0.05) is 35.2 Å². The fraction of sp³-hybridized carbons (Fsp3) is 0.471. The summed E-state index contributed by atoms with van der Waals surface area (Å²) in [5.74, 6) is -0.333. The Balaban J connectivity index is 1.79. The van der Waals surface area contributed by atoms with Crippen molar-refractivity contribution in [2.75, 3.05) is 7.05 Å². The molecule has 2 aliphatic heterocycles. The molecule has 2 atom stereocenters. The van der Waals surface area contributed by atoms with Gasteiger partial charge in [0.25, 0.3) is 5.91 Å². The SMILES string of the molecule is CN1C2CCC1CC(n1cc(C(N)=O)c3ccccc31)C2. The van der Waals surface area contributed by atoms with Gasteiger partial charge in [0.05, 0.1) is 5.56 Å². The van der Waals surface area contributed by atoms with Gasteiger partial charge in [-0.05, 0) is 38.8 Å². The third kappa shape index (κ3) is 1.89. The summed E-state index contributed by atoms with van der Waals surface area (Å²) in [6.45, 7) is 0. The van der Waals surface area contributed by atoms with Gasteiger partial charge < -0.3 is 15.2 Å². The number of nitrogens with two attached hydrogens (primary N) is 1. The molecule has 0 spiro atoms. The van der Waals surface area contributed by atoms with E-state index in [1.165, 1.54) is 25.7 Å². The van der Waals surface area contributed by atoms with Gasteiger partial charge in [-0.3, -0.25) is 4.79 Å². The van der Waals surface area contributed by atoms with Crippen molar-refractivity contribution >= 4 is 16.8 Å². The fourth-order valence-corrected chi connectivity index (χ4v) is 4.31. The minimum atomic E-state index is -0.333. The molecule has 4 rings (SSSR count). The largest absolute Gasteiger partial charge is 0.366 e. The summed E-state index contributed by atoms with van der Waals surface area (Å²) in [6.07, 6.45) is 6.93. The molecule has 2 aromatic rings. The highest BCUT2D eigenvalue weighted by molar-refractivity contribution is 6.06. The predicted octanol–water partition coefficient (Wildman–Crippen LogP) is 2.54. The smallest absolute Gasteiger partial charge is 0.250 e. The first kappa shape index (κ1) is 12.9. The molecular formula is C17H21N3O. The Kier molecular flexibility index (Phi) is 2.82. The zero-order valence-corrected chi connectivity index (χ0v) is 12.3. The molecule has 3 heterocycles. The van der Waals surface area contributed by atoms with Crippen LogP contribution in [0.4, 0.5) is 0 Å². The monoisotopic (exact) mass is 283 g/mol. The lowest BCUT2D eigenvalue weighted by Crippen LogP contribution is -2.40. The van der Waals surface area contributed by atoms with E-state index in [1.54, 1.807) is 0 Å². The number of aromatic nitrogens is 1. The quantitative estimate of drug-likeness (QED) is 0.921. The van der Waals surface area contributed by atoms with Gasteiger partial charge in [-0.1, -0.05) is 18.2 Å². The number of piperidine rings is 1. The number of nitrogens with zero attached hydrogens (tertiary/aromatic N) is 2. The van der Waals surface area contributed by atoms with Crippen LogP contribution in [0.3, 0.4) is 0 Å². The lowest BCUT2D eigenvalue weighted by atomic mass is 9.97. The van der Waals surface area contributed by atoms with Crippen molar-refractivity contribution in [1.29, 1.82) is 0 Å². The number of benzene rings is 1. The molecule has 1 aromatic heterocycles. The molecule has 110 valence electrons. The maximum atomic E-state index is 11.7. The van der Waals surface area contributed by atoms with Gasteiger partial charge in [0.2, 0.25) is 0 Å². The number of rotatable bonds is 2. The molecule has 2 aliphatic rings. The van der Waals surface area contributed by atoms with E-state index in [4.69, 9.17) is 5.73 Å². The molecule has 4 heteroatoms. The molecule has 2 fully saturated rings. The number of amides is 1. The number of primary amides is 1. The van der Waals surface area contributed by atoms with Gasteiger partial charge >= 0.3 is 0 Å². The van der Waals surface area contributed by atoms with E-state index in [0.29, 0.717) is 23.7 Å². The van der Waals surface area contributed by atoms with Crippen LogP contribution in [0.5, 0.6) is 0 Å². The Bertz CT molecular complexity index is 691. The van der Waals surface area contributed by atoms with Crippen molar-refractivity contribution in [3.8, 4) is 0 Å². The van der Waals surface area contributed by atoms with E-state index < -0.39 is 0 Å². The van der Waals surface area contributed by atoms with Gasteiger partial charge in [0.15, 0.2) is 0 Å². The van der Waals surface area contributed by atoms with E-state index >= 15 is 0 Å². The van der Waals surface area contributed by atoms with E-state index in [1.807, 2.05) is 24.4 Å². The molecule has 0 radical (unpaired) electrons. The molecule has 2 N–H and O–H groups in total. The minimum Gasteiger partial charge on any atom is -0.366 e. The van der Waals surface area contributed by atoms with Crippen LogP contribution in [0.15, 0.2) is 30.5 Å². The Labute approximate surface area is 124 Å². The summed E-state index contributed by atoms with van der Waals surface area (Å²) in [6, 6.07) is 9.96. The third-order valence-corrected chi connectivity index (χ3v) is 5.47. The maximum absolute atomic E-state index is 11.7. The van der Waals surface area contributed by atoms with E-state index in [2.05, 4.69) is 22.6 Å². The van der Waals surface area contributed by atoms with Crippen molar-refractivity contribution < 1.29 is 4.79 Å². The molecule has 2 unspecified atom stereocenters. The van der Waals surface area contributed by atoms with Crippen molar-refractivity contribution in [2.45, 2.75) is 43.8 Å². The van der Waals surface area contributed by atoms with E-state index in [-0.39, 0.29) is 5.91 Å². The first-order chi connectivity index (χ1) is 10.1. The molecule has 1 aromatic carbocycles. The van der Waals surface area contributed by atoms with Crippen molar-refractivity contribution in [2.24, 2.45) is 5.73 Å². The minimum absolute atomic E-state index is 0.333. The van der Waals surface area contributed by atoms with Crippen molar-refractivity contribution in [3.05, 3.63) is 36.0 Å². The summed E-state index contributed by atoms with van der Waals surface area (Å²) in [5, 5.41) is 0.983. The van der Waals surface area contributed by atoms with Crippen LogP contribution >= 0.6 is 0 Å². The van der Waals surface area contributed by atoms with Crippen LogP contribution in [0.1, 0.15) is 42.1 Å². The third-order valence-electron chi connectivity index (χ3n) is 5.47. The maximum Gasteiger partial charge on any atom is 0.250 e. The van der Waals surface area contributed by atoms with E-state index in [0.717, 1.165) is 10.9 Å². The summed E-state index contributed by atoms with van der Waals surface area (Å²) >= 11 is 0. The Morgan fingerprint density at radius 2 is 1.81 bits per heavy atom. The lowest BCUT2D eigenvalue weighted by molar-refractivity contribution is 0.100. The normalized spacial score (nSPS) is 29.1. The van der Waals surface area contributed by atoms with Gasteiger partial charge in [-0.25, -0.2) is 0 Å².